The van der Waals surface area contributed by atoms with Gasteiger partial charge in [-0.25, -0.2) is 9.97 Å². The third kappa shape index (κ3) is 3.97. The van der Waals surface area contributed by atoms with Gasteiger partial charge in [0.25, 0.3) is 0 Å². The maximum absolute atomic E-state index is 9.46. The molecule has 0 bridgehead atoms. The summed E-state index contributed by atoms with van der Waals surface area (Å²) in [6.07, 6.45) is 1.72. The van der Waals surface area contributed by atoms with E-state index in [1.165, 1.54) is 0 Å². The number of hydrogen-bond acceptors (Lipinski definition) is 4. The molecular weight excluding hydrogens is 274 g/mol. The van der Waals surface area contributed by atoms with Crippen molar-refractivity contribution >= 4 is 5.82 Å². The highest BCUT2D eigenvalue weighted by Crippen LogP contribution is 2.31. The molecule has 1 heterocycles. The minimum Gasteiger partial charge on any atom is -0.393 e. The Morgan fingerprint density at radius 2 is 1.68 bits per heavy atom. The molecule has 1 N–H and O–H groups in total. The Labute approximate surface area is 135 Å². The molecule has 1 fully saturated rings. The number of aliphatic hydroxyl groups excluding tert-OH is 1. The molecule has 0 aromatic carbocycles. The highest BCUT2D eigenvalue weighted by atomic mass is 16.3. The normalized spacial score (nSPS) is 22.4. The lowest BCUT2D eigenvalue weighted by molar-refractivity contribution is 0.0464. The highest BCUT2D eigenvalue weighted by Gasteiger charge is 2.29. The molecule has 1 aromatic rings. The molecule has 1 aromatic heterocycles. The average Bonchev–Trinajstić information content (AvgIpc) is 2.34. The fourth-order valence-corrected chi connectivity index (χ4v) is 2.68. The minimum atomic E-state index is -0.0981. The largest absolute Gasteiger partial charge is 0.393 e. The molecule has 0 unspecified atom stereocenters. The van der Waals surface area contributed by atoms with E-state index in [1.54, 1.807) is 0 Å². The van der Waals surface area contributed by atoms with E-state index in [0.29, 0.717) is 5.92 Å². The third-order valence-corrected chi connectivity index (χ3v) is 4.29. The van der Waals surface area contributed by atoms with E-state index in [0.717, 1.165) is 36.7 Å². The Bertz CT molecular complexity index is 490. The van der Waals surface area contributed by atoms with Crippen LogP contribution >= 0.6 is 0 Å². The summed E-state index contributed by atoms with van der Waals surface area (Å²) in [6, 6.07) is 2.12. The molecule has 1 aliphatic rings. The van der Waals surface area contributed by atoms with Crippen molar-refractivity contribution in [2.45, 2.75) is 71.3 Å². The van der Waals surface area contributed by atoms with Crippen molar-refractivity contribution in [3.05, 3.63) is 17.6 Å². The summed E-state index contributed by atoms with van der Waals surface area (Å²) in [7, 11) is 2.09. The Kier molecular flexibility index (Phi) is 4.54. The van der Waals surface area contributed by atoms with Crippen LogP contribution in [0.15, 0.2) is 6.07 Å². The molecule has 0 atom stereocenters. The van der Waals surface area contributed by atoms with E-state index in [-0.39, 0.29) is 16.9 Å². The van der Waals surface area contributed by atoms with Crippen molar-refractivity contribution < 1.29 is 5.11 Å². The number of rotatable bonds is 3. The Morgan fingerprint density at radius 3 is 2.14 bits per heavy atom. The fraction of sp³-hybridized carbons (Fsp3) is 0.778. The second-order valence-corrected chi connectivity index (χ2v) is 8.81. The zero-order valence-electron chi connectivity index (χ0n) is 15.1. The van der Waals surface area contributed by atoms with Gasteiger partial charge >= 0.3 is 0 Å². The van der Waals surface area contributed by atoms with E-state index in [2.05, 4.69) is 59.6 Å². The zero-order chi connectivity index (χ0) is 16.7. The Hall–Kier alpha value is -1.16. The molecule has 0 radical (unpaired) electrons. The van der Waals surface area contributed by atoms with E-state index < -0.39 is 0 Å². The smallest absolute Gasteiger partial charge is 0.136 e. The first-order chi connectivity index (χ1) is 9.96. The van der Waals surface area contributed by atoms with E-state index in [9.17, 15) is 5.11 Å². The molecule has 0 amide bonds. The van der Waals surface area contributed by atoms with E-state index >= 15 is 0 Å². The number of aliphatic hydroxyl groups is 1. The molecule has 0 spiro atoms. The minimum absolute atomic E-state index is 0.00515. The molecule has 2 rings (SSSR count). The summed E-state index contributed by atoms with van der Waals surface area (Å²) in [5.41, 5.74) is 1.03. The number of anilines is 1. The average molecular weight is 305 g/mol. The van der Waals surface area contributed by atoms with Gasteiger partial charge in [0.05, 0.1) is 11.8 Å². The highest BCUT2D eigenvalue weighted by molar-refractivity contribution is 5.41. The monoisotopic (exact) mass is 305 g/mol. The van der Waals surface area contributed by atoms with Crippen LogP contribution in [-0.4, -0.2) is 34.8 Å². The van der Waals surface area contributed by atoms with E-state index in [4.69, 9.17) is 9.97 Å². The summed E-state index contributed by atoms with van der Waals surface area (Å²) in [5, 5.41) is 9.46. The maximum atomic E-state index is 9.46. The van der Waals surface area contributed by atoms with Crippen LogP contribution in [-0.2, 0) is 10.8 Å². The second kappa shape index (κ2) is 5.80. The van der Waals surface area contributed by atoms with Crippen molar-refractivity contribution in [3.63, 3.8) is 0 Å². The van der Waals surface area contributed by atoms with Crippen molar-refractivity contribution in [1.29, 1.82) is 0 Å². The van der Waals surface area contributed by atoms with Gasteiger partial charge < -0.3 is 10.0 Å². The van der Waals surface area contributed by atoms with Gasteiger partial charge in [-0.05, 0) is 18.8 Å². The van der Waals surface area contributed by atoms with Crippen LogP contribution in [0.4, 0.5) is 5.82 Å². The topological polar surface area (TPSA) is 49.2 Å². The summed E-state index contributed by atoms with van der Waals surface area (Å²) in [6.45, 7) is 14.0. The second-order valence-electron chi connectivity index (χ2n) is 8.81. The molecule has 1 saturated carbocycles. The molecular formula is C18H31N3O. The number of aromatic nitrogens is 2. The maximum Gasteiger partial charge on any atom is 0.136 e. The molecule has 4 nitrogen and oxygen atoms in total. The van der Waals surface area contributed by atoms with Gasteiger partial charge in [0.1, 0.15) is 11.6 Å². The van der Waals surface area contributed by atoms with Gasteiger partial charge in [-0.3, -0.25) is 0 Å². The Morgan fingerprint density at radius 1 is 1.09 bits per heavy atom. The van der Waals surface area contributed by atoms with Crippen LogP contribution < -0.4 is 4.90 Å². The summed E-state index contributed by atoms with van der Waals surface area (Å²) in [4.78, 5) is 11.8. The quantitative estimate of drug-likeness (QED) is 0.931. The summed E-state index contributed by atoms with van der Waals surface area (Å²) >= 11 is 0. The predicted octanol–water partition coefficient (Wildman–Crippen LogP) is 3.28. The first-order valence-electron chi connectivity index (χ1n) is 8.26. The van der Waals surface area contributed by atoms with Crippen molar-refractivity contribution in [1.82, 2.24) is 9.97 Å². The van der Waals surface area contributed by atoms with Gasteiger partial charge in [-0.15, -0.1) is 0 Å². The standard InChI is InChI=1S/C18H31N3O/c1-17(2,3)14-10-15(20-16(19-14)18(4,5)6)21(7)11-12-8-13(22)9-12/h10,12-13,22H,8-9,11H2,1-7H3. The lowest BCUT2D eigenvalue weighted by atomic mass is 9.82. The van der Waals surface area contributed by atoms with Crippen LogP contribution in [0.2, 0.25) is 0 Å². The van der Waals surface area contributed by atoms with Gasteiger partial charge in [0, 0.05) is 30.5 Å². The first kappa shape index (κ1) is 17.2. The van der Waals surface area contributed by atoms with Gasteiger partial charge in [0.2, 0.25) is 0 Å². The SMILES string of the molecule is CN(CC1CC(O)C1)c1cc(C(C)(C)C)nc(C(C)(C)C)n1. The summed E-state index contributed by atoms with van der Waals surface area (Å²) < 4.78 is 0. The van der Waals surface area contributed by atoms with Gasteiger partial charge in [0.15, 0.2) is 0 Å². The van der Waals surface area contributed by atoms with Crippen LogP contribution in [0.5, 0.6) is 0 Å². The molecule has 4 heteroatoms. The van der Waals surface area contributed by atoms with Crippen molar-refractivity contribution in [3.8, 4) is 0 Å². The molecule has 0 aliphatic heterocycles. The molecule has 22 heavy (non-hydrogen) atoms. The Balaban J connectivity index is 2.29. The summed E-state index contributed by atoms with van der Waals surface area (Å²) in [5.74, 6) is 2.47. The fourth-order valence-electron chi connectivity index (χ4n) is 2.68. The zero-order valence-corrected chi connectivity index (χ0v) is 15.1. The predicted molar refractivity (Wildman–Crippen MR) is 91.4 cm³/mol. The lowest BCUT2D eigenvalue weighted by Gasteiger charge is -2.35. The first-order valence-corrected chi connectivity index (χ1v) is 8.26. The van der Waals surface area contributed by atoms with Crippen LogP contribution in [0.3, 0.4) is 0 Å². The number of nitrogens with zero attached hydrogens (tertiary/aromatic N) is 3. The third-order valence-electron chi connectivity index (χ3n) is 4.29. The van der Waals surface area contributed by atoms with Crippen LogP contribution in [0.1, 0.15) is 65.9 Å². The lowest BCUT2D eigenvalue weighted by Crippen LogP contribution is -2.37. The molecule has 1 aliphatic carbocycles. The molecule has 124 valence electrons. The van der Waals surface area contributed by atoms with Gasteiger partial charge in [-0.2, -0.15) is 0 Å². The van der Waals surface area contributed by atoms with Crippen LogP contribution in [0, 0.1) is 5.92 Å². The van der Waals surface area contributed by atoms with E-state index in [1.807, 2.05) is 0 Å². The number of hydrogen-bond donors (Lipinski definition) is 1. The van der Waals surface area contributed by atoms with Gasteiger partial charge in [-0.1, -0.05) is 41.5 Å². The van der Waals surface area contributed by atoms with Crippen molar-refractivity contribution in [2.75, 3.05) is 18.5 Å². The molecule has 0 saturated heterocycles. The van der Waals surface area contributed by atoms with Crippen LogP contribution in [0.25, 0.3) is 0 Å². The van der Waals surface area contributed by atoms with Crippen molar-refractivity contribution in [2.24, 2.45) is 5.92 Å².